The minimum atomic E-state index is 0.00477. The molecule has 0 aromatic carbocycles. The lowest BCUT2D eigenvalue weighted by molar-refractivity contribution is 0.0916. The van der Waals surface area contributed by atoms with Crippen LogP contribution in [0.15, 0.2) is 6.20 Å². The average Bonchev–Trinajstić information content (AvgIpc) is 2.61. The Bertz CT molecular complexity index is 405. The van der Waals surface area contributed by atoms with E-state index < -0.39 is 0 Å². The highest BCUT2D eigenvalue weighted by Crippen LogP contribution is 2.10. The molecule has 0 unspecified atom stereocenters. The summed E-state index contributed by atoms with van der Waals surface area (Å²) < 4.78 is 1.68. The number of rotatable bonds is 2. The first-order chi connectivity index (χ1) is 8.06. The van der Waals surface area contributed by atoms with E-state index >= 15 is 0 Å². The third-order valence-electron chi connectivity index (χ3n) is 3.31. The molecule has 1 aliphatic rings. The number of carbonyl (C=O) groups is 1. The van der Waals surface area contributed by atoms with Gasteiger partial charge in [-0.25, -0.2) is 0 Å². The zero-order valence-electron chi connectivity index (χ0n) is 10.7. The SMILES string of the molecule is Cc1nn(C)cc1C(=O)NC1CCN(C)CC1. The molecule has 1 aromatic rings. The van der Waals surface area contributed by atoms with Crippen molar-refractivity contribution in [3.05, 3.63) is 17.5 Å². The number of aromatic nitrogens is 2. The zero-order chi connectivity index (χ0) is 12.4. The number of piperidine rings is 1. The molecule has 17 heavy (non-hydrogen) atoms. The van der Waals surface area contributed by atoms with Gasteiger partial charge in [0, 0.05) is 19.3 Å². The molecule has 1 amide bonds. The van der Waals surface area contributed by atoms with E-state index in [4.69, 9.17) is 0 Å². The van der Waals surface area contributed by atoms with Gasteiger partial charge in [0.1, 0.15) is 0 Å². The van der Waals surface area contributed by atoms with Crippen molar-refractivity contribution in [3.63, 3.8) is 0 Å². The van der Waals surface area contributed by atoms with Crippen molar-refractivity contribution in [2.24, 2.45) is 7.05 Å². The van der Waals surface area contributed by atoms with E-state index in [2.05, 4.69) is 22.4 Å². The number of nitrogens with one attached hydrogen (secondary N) is 1. The minimum Gasteiger partial charge on any atom is -0.349 e. The zero-order valence-corrected chi connectivity index (χ0v) is 10.7. The Morgan fingerprint density at radius 2 is 2.06 bits per heavy atom. The summed E-state index contributed by atoms with van der Waals surface area (Å²) in [7, 11) is 3.95. The van der Waals surface area contributed by atoms with E-state index in [1.54, 1.807) is 10.9 Å². The van der Waals surface area contributed by atoms with Gasteiger partial charge in [-0.15, -0.1) is 0 Å². The van der Waals surface area contributed by atoms with Gasteiger partial charge in [-0.05, 0) is 39.9 Å². The van der Waals surface area contributed by atoms with Gasteiger partial charge in [-0.1, -0.05) is 0 Å². The quantitative estimate of drug-likeness (QED) is 0.816. The van der Waals surface area contributed by atoms with E-state index in [1.165, 1.54) is 0 Å². The van der Waals surface area contributed by atoms with Crippen LogP contribution in [0.4, 0.5) is 0 Å². The first-order valence-corrected chi connectivity index (χ1v) is 6.06. The number of likely N-dealkylation sites (tertiary alicyclic amines) is 1. The molecule has 0 atom stereocenters. The second-order valence-corrected chi connectivity index (χ2v) is 4.85. The summed E-state index contributed by atoms with van der Waals surface area (Å²) in [6, 6.07) is 0.304. The Labute approximate surface area is 102 Å². The Balaban J connectivity index is 1.95. The van der Waals surface area contributed by atoms with Gasteiger partial charge in [0.05, 0.1) is 11.3 Å². The fraction of sp³-hybridized carbons (Fsp3) is 0.667. The molecule has 1 fully saturated rings. The second kappa shape index (κ2) is 4.87. The van der Waals surface area contributed by atoms with Crippen LogP contribution in [0, 0.1) is 6.92 Å². The van der Waals surface area contributed by atoms with E-state index in [0.29, 0.717) is 11.6 Å². The van der Waals surface area contributed by atoms with E-state index in [0.717, 1.165) is 31.6 Å². The average molecular weight is 236 g/mol. The molecule has 0 spiro atoms. The van der Waals surface area contributed by atoms with Crippen molar-refractivity contribution in [2.45, 2.75) is 25.8 Å². The van der Waals surface area contributed by atoms with Crippen molar-refractivity contribution < 1.29 is 4.79 Å². The van der Waals surface area contributed by atoms with Crippen LogP contribution in [0.1, 0.15) is 28.9 Å². The van der Waals surface area contributed by atoms with Crippen molar-refractivity contribution in [2.75, 3.05) is 20.1 Å². The van der Waals surface area contributed by atoms with Crippen molar-refractivity contribution in [1.82, 2.24) is 20.0 Å². The first-order valence-electron chi connectivity index (χ1n) is 6.06. The number of carbonyl (C=O) groups excluding carboxylic acids is 1. The van der Waals surface area contributed by atoms with Crippen LogP contribution < -0.4 is 5.32 Å². The van der Waals surface area contributed by atoms with Gasteiger partial charge in [0.25, 0.3) is 5.91 Å². The van der Waals surface area contributed by atoms with Crippen LogP contribution in [0.2, 0.25) is 0 Å². The lowest BCUT2D eigenvalue weighted by Gasteiger charge is -2.29. The largest absolute Gasteiger partial charge is 0.349 e. The molecule has 2 heterocycles. The van der Waals surface area contributed by atoms with Gasteiger partial charge < -0.3 is 10.2 Å². The number of hydrogen-bond acceptors (Lipinski definition) is 3. The molecular weight excluding hydrogens is 216 g/mol. The van der Waals surface area contributed by atoms with Crippen LogP contribution in [0.5, 0.6) is 0 Å². The standard InChI is InChI=1S/C12H20N4O/c1-9-11(8-16(3)14-9)12(17)13-10-4-6-15(2)7-5-10/h8,10H,4-7H2,1-3H3,(H,13,17). The highest BCUT2D eigenvalue weighted by atomic mass is 16.1. The van der Waals surface area contributed by atoms with E-state index in [9.17, 15) is 4.79 Å². The van der Waals surface area contributed by atoms with Gasteiger partial charge in [0.2, 0.25) is 0 Å². The summed E-state index contributed by atoms with van der Waals surface area (Å²) in [6.45, 7) is 3.97. The Kier molecular flexibility index (Phi) is 3.47. The molecule has 0 saturated carbocycles. The molecule has 0 aliphatic carbocycles. The lowest BCUT2D eigenvalue weighted by Crippen LogP contribution is -2.43. The summed E-state index contributed by atoms with van der Waals surface area (Å²) in [6.07, 6.45) is 3.84. The number of hydrogen-bond donors (Lipinski definition) is 1. The molecule has 1 aliphatic heterocycles. The van der Waals surface area contributed by atoms with Gasteiger partial charge >= 0.3 is 0 Å². The number of amides is 1. The van der Waals surface area contributed by atoms with Gasteiger partial charge in [0.15, 0.2) is 0 Å². The summed E-state index contributed by atoms with van der Waals surface area (Å²) in [5, 5.41) is 7.28. The van der Waals surface area contributed by atoms with Crippen LogP contribution in [-0.4, -0.2) is 46.8 Å². The number of aryl methyl sites for hydroxylation is 2. The van der Waals surface area contributed by atoms with Gasteiger partial charge in [-0.2, -0.15) is 5.10 Å². The van der Waals surface area contributed by atoms with Crippen LogP contribution in [-0.2, 0) is 7.05 Å². The molecule has 2 rings (SSSR count). The molecule has 0 bridgehead atoms. The number of nitrogens with zero attached hydrogens (tertiary/aromatic N) is 3. The lowest BCUT2D eigenvalue weighted by atomic mass is 10.1. The molecule has 1 aromatic heterocycles. The summed E-state index contributed by atoms with van der Waals surface area (Å²) in [5.74, 6) is 0.00477. The molecule has 0 radical (unpaired) electrons. The Morgan fingerprint density at radius 1 is 1.41 bits per heavy atom. The molecule has 94 valence electrons. The monoisotopic (exact) mass is 236 g/mol. The fourth-order valence-corrected chi connectivity index (χ4v) is 2.24. The van der Waals surface area contributed by atoms with Crippen LogP contribution in [0.25, 0.3) is 0 Å². The molecular formula is C12H20N4O. The highest BCUT2D eigenvalue weighted by molar-refractivity contribution is 5.95. The van der Waals surface area contributed by atoms with E-state index in [-0.39, 0.29) is 5.91 Å². The predicted molar refractivity (Wildman–Crippen MR) is 65.9 cm³/mol. The normalized spacial score (nSPS) is 18.3. The van der Waals surface area contributed by atoms with Crippen molar-refractivity contribution in [3.8, 4) is 0 Å². The highest BCUT2D eigenvalue weighted by Gasteiger charge is 2.20. The molecule has 5 heteroatoms. The Hall–Kier alpha value is -1.36. The topological polar surface area (TPSA) is 50.2 Å². The third-order valence-corrected chi connectivity index (χ3v) is 3.31. The summed E-state index contributed by atoms with van der Waals surface area (Å²) in [5.41, 5.74) is 1.48. The van der Waals surface area contributed by atoms with Gasteiger partial charge in [-0.3, -0.25) is 9.48 Å². The second-order valence-electron chi connectivity index (χ2n) is 4.85. The molecule has 1 saturated heterocycles. The maximum atomic E-state index is 12.1. The smallest absolute Gasteiger partial charge is 0.254 e. The summed E-state index contributed by atoms with van der Waals surface area (Å²) in [4.78, 5) is 14.3. The summed E-state index contributed by atoms with van der Waals surface area (Å²) >= 11 is 0. The maximum absolute atomic E-state index is 12.1. The van der Waals surface area contributed by atoms with Crippen molar-refractivity contribution >= 4 is 5.91 Å². The van der Waals surface area contributed by atoms with Crippen LogP contribution in [0.3, 0.4) is 0 Å². The predicted octanol–water partition coefficient (Wildman–Crippen LogP) is 0.553. The van der Waals surface area contributed by atoms with Crippen molar-refractivity contribution in [1.29, 1.82) is 0 Å². The maximum Gasteiger partial charge on any atom is 0.254 e. The third kappa shape index (κ3) is 2.85. The van der Waals surface area contributed by atoms with E-state index in [1.807, 2.05) is 14.0 Å². The Morgan fingerprint density at radius 3 is 2.59 bits per heavy atom. The van der Waals surface area contributed by atoms with Crippen LogP contribution >= 0.6 is 0 Å². The fourth-order valence-electron chi connectivity index (χ4n) is 2.24. The minimum absolute atomic E-state index is 0.00477. The molecule has 5 nitrogen and oxygen atoms in total. The molecule has 1 N–H and O–H groups in total. The first kappa shape index (κ1) is 12.1.